The molecular weight excluding hydrogens is 408 g/mol. The highest BCUT2D eigenvalue weighted by molar-refractivity contribution is 5.79. The van der Waals surface area contributed by atoms with Crippen molar-refractivity contribution in [2.75, 3.05) is 53.0 Å². The average molecular weight is 449 g/mol. The van der Waals surface area contributed by atoms with Gasteiger partial charge in [-0.25, -0.2) is 4.99 Å². The van der Waals surface area contributed by atoms with Crippen molar-refractivity contribution < 1.29 is 19.3 Å². The molecule has 1 aromatic carbocycles. The van der Waals surface area contributed by atoms with Gasteiger partial charge in [-0.15, -0.1) is 0 Å². The van der Waals surface area contributed by atoms with Gasteiger partial charge >= 0.3 is 0 Å². The number of rotatable bonds is 10. The Bertz CT molecular complexity index is 729. The van der Waals surface area contributed by atoms with E-state index in [1.165, 1.54) is 12.8 Å². The Morgan fingerprint density at radius 1 is 1.25 bits per heavy atom. The lowest BCUT2D eigenvalue weighted by molar-refractivity contribution is -0.0201. The van der Waals surface area contributed by atoms with Crippen LogP contribution in [-0.4, -0.2) is 80.7 Å². The largest absolute Gasteiger partial charge is 0.497 e. The van der Waals surface area contributed by atoms with Gasteiger partial charge in [0.2, 0.25) is 0 Å². The number of nitrogens with zero attached hydrogens (tertiary/aromatic N) is 2. The van der Waals surface area contributed by atoms with Crippen molar-refractivity contribution in [1.82, 2.24) is 15.5 Å². The van der Waals surface area contributed by atoms with Gasteiger partial charge in [-0.05, 0) is 51.7 Å². The Labute approximate surface area is 192 Å². The maximum absolute atomic E-state index is 10.9. The number of aliphatic hydroxyl groups is 1. The molecule has 1 unspecified atom stereocenters. The van der Waals surface area contributed by atoms with E-state index in [-0.39, 0.29) is 6.10 Å². The van der Waals surface area contributed by atoms with Crippen LogP contribution in [0.25, 0.3) is 0 Å². The number of hydrogen-bond acceptors (Lipinski definition) is 6. The highest BCUT2D eigenvalue weighted by Gasteiger charge is 2.25. The van der Waals surface area contributed by atoms with Crippen molar-refractivity contribution in [2.24, 2.45) is 4.99 Å². The summed E-state index contributed by atoms with van der Waals surface area (Å²) in [5.74, 6) is 2.31. The van der Waals surface area contributed by atoms with Gasteiger partial charge in [0.05, 0.1) is 38.6 Å². The van der Waals surface area contributed by atoms with Crippen LogP contribution in [0.5, 0.6) is 11.5 Å². The summed E-state index contributed by atoms with van der Waals surface area (Å²) in [4.78, 5) is 6.99. The van der Waals surface area contributed by atoms with Crippen molar-refractivity contribution in [1.29, 1.82) is 0 Å². The second kappa shape index (κ2) is 12.3. The van der Waals surface area contributed by atoms with E-state index in [0.717, 1.165) is 62.8 Å². The number of guanidine groups is 1. The van der Waals surface area contributed by atoms with Crippen molar-refractivity contribution in [3.8, 4) is 11.5 Å². The first-order valence-electron chi connectivity index (χ1n) is 11.9. The summed E-state index contributed by atoms with van der Waals surface area (Å²) in [5, 5.41) is 17.4. The molecule has 1 atom stereocenters. The number of β-amino-alcohol motifs (C(OH)–C–C–N with tert-alkyl or cyclic N) is 1. The zero-order valence-corrected chi connectivity index (χ0v) is 19.9. The molecule has 3 rings (SSSR count). The van der Waals surface area contributed by atoms with Crippen LogP contribution in [0.15, 0.2) is 23.2 Å². The van der Waals surface area contributed by atoms with Crippen LogP contribution in [0, 0.1) is 0 Å². The quantitative estimate of drug-likeness (QED) is 0.373. The zero-order valence-electron chi connectivity index (χ0n) is 19.9. The van der Waals surface area contributed by atoms with Crippen LogP contribution in [0.2, 0.25) is 0 Å². The van der Waals surface area contributed by atoms with Gasteiger partial charge in [-0.2, -0.15) is 0 Å². The summed E-state index contributed by atoms with van der Waals surface area (Å²) in [7, 11) is 1.67. The smallest absolute Gasteiger partial charge is 0.191 e. The Morgan fingerprint density at radius 2 is 2.00 bits per heavy atom. The van der Waals surface area contributed by atoms with Crippen molar-refractivity contribution in [2.45, 2.75) is 57.8 Å². The standard InChI is InChI=1S/C24H40N4O4/c1-4-25-23(27-17-24(2,29)18-28-11-13-31-14-12-28)26-16-19-9-10-21(30-3)15-22(19)32-20-7-5-6-8-20/h9-10,15,20,29H,4-8,11-14,16-18H2,1-3H3,(H2,25,26,27). The van der Waals surface area contributed by atoms with E-state index >= 15 is 0 Å². The summed E-state index contributed by atoms with van der Waals surface area (Å²) in [6.45, 7) is 9.27. The maximum Gasteiger partial charge on any atom is 0.191 e. The van der Waals surface area contributed by atoms with Gasteiger partial charge in [0, 0.05) is 44.4 Å². The van der Waals surface area contributed by atoms with Crippen molar-refractivity contribution in [3.63, 3.8) is 0 Å². The fourth-order valence-corrected chi connectivity index (χ4v) is 4.16. The normalized spacial score (nSPS) is 20.1. The van der Waals surface area contributed by atoms with E-state index < -0.39 is 5.60 Å². The third-order valence-corrected chi connectivity index (χ3v) is 5.93. The lowest BCUT2D eigenvalue weighted by atomic mass is 10.1. The van der Waals surface area contributed by atoms with Crippen molar-refractivity contribution >= 4 is 5.96 Å². The molecule has 8 heteroatoms. The molecule has 32 heavy (non-hydrogen) atoms. The summed E-state index contributed by atoms with van der Waals surface area (Å²) < 4.78 is 17.1. The van der Waals surface area contributed by atoms with E-state index in [0.29, 0.717) is 25.6 Å². The van der Waals surface area contributed by atoms with Crippen molar-refractivity contribution in [3.05, 3.63) is 23.8 Å². The fourth-order valence-electron chi connectivity index (χ4n) is 4.16. The third-order valence-electron chi connectivity index (χ3n) is 5.93. The molecule has 2 fully saturated rings. The second-order valence-electron chi connectivity index (χ2n) is 8.93. The van der Waals surface area contributed by atoms with Gasteiger partial charge in [-0.1, -0.05) is 0 Å². The van der Waals surface area contributed by atoms with E-state index in [4.69, 9.17) is 19.2 Å². The van der Waals surface area contributed by atoms with Crippen LogP contribution in [-0.2, 0) is 11.3 Å². The molecule has 1 aliphatic heterocycles. The van der Waals surface area contributed by atoms with Crippen LogP contribution in [0.3, 0.4) is 0 Å². The first-order chi connectivity index (χ1) is 15.5. The van der Waals surface area contributed by atoms with E-state index in [1.54, 1.807) is 7.11 Å². The predicted molar refractivity (Wildman–Crippen MR) is 127 cm³/mol. The minimum atomic E-state index is -0.871. The zero-order chi connectivity index (χ0) is 22.8. The number of aliphatic imine (C=N–C) groups is 1. The van der Waals surface area contributed by atoms with E-state index in [1.807, 2.05) is 32.0 Å². The van der Waals surface area contributed by atoms with Gasteiger partial charge in [-0.3, -0.25) is 4.90 Å². The highest BCUT2D eigenvalue weighted by Crippen LogP contribution is 2.30. The molecule has 3 N–H and O–H groups in total. The molecule has 0 bridgehead atoms. The number of ether oxygens (including phenoxy) is 3. The second-order valence-corrected chi connectivity index (χ2v) is 8.93. The lowest BCUT2D eigenvalue weighted by Gasteiger charge is -2.34. The number of hydrogen-bond donors (Lipinski definition) is 3. The molecule has 8 nitrogen and oxygen atoms in total. The molecule has 180 valence electrons. The Balaban J connectivity index is 1.62. The lowest BCUT2D eigenvalue weighted by Crippen LogP contribution is -2.52. The number of morpholine rings is 1. The average Bonchev–Trinajstić information content (AvgIpc) is 3.30. The number of methoxy groups -OCH3 is 1. The molecule has 0 spiro atoms. The molecule has 0 amide bonds. The SMILES string of the molecule is CCNC(=NCc1ccc(OC)cc1OC1CCCC1)NCC(C)(O)CN1CCOCC1. The molecule has 1 aromatic rings. The summed E-state index contributed by atoms with van der Waals surface area (Å²) in [6, 6.07) is 5.92. The number of nitrogens with one attached hydrogen (secondary N) is 2. The monoisotopic (exact) mass is 448 g/mol. The van der Waals surface area contributed by atoms with E-state index in [9.17, 15) is 5.11 Å². The summed E-state index contributed by atoms with van der Waals surface area (Å²) in [5.41, 5.74) is 0.152. The van der Waals surface area contributed by atoms with Gasteiger partial charge in [0.25, 0.3) is 0 Å². The van der Waals surface area contributed by atoms with Crippen LogP contribution in [0.4, 0.5) is 0 Å². The minimum Gasteiger partial charge on any atom is -0.497 e. The van der Waals surface area contributed by atoms with Crippen LogP contribution in [0.1, 0.15) is 45.1 Å². The minimum absolute atomic E-state index is 0.270. The molecule has 2 aliphatic rings. The molecule has 1 heterocycles. The Morgan fingerprint density at radius 3 is 2.69 bits per heavy atom. The van der Waals surface area contributed by atoms with Gasteiger partial charge in [0.1, 0.15) is 11.5 Å². The summed E-state index contributed by atoms with van der Waals surface area (Å²) in [6.07, 6.45) is 4.92. The van der Waals surface area contributed by atoms with Crippen LogP contribution < -0.4 is 20.1 Å². The topological polar surface area (TPSA) is 87.6 Å². The molecule has 0 radical (unpaired) electrons. The maximum atomic E-state index is 10.9. The number of benzene rings is 1. The van der Waals surface area contributed by atoms with Gasteiger partial charge in [0.15, 0.2) is 5.96 Å². The predicted octanol–water partition coefficient (Wildman–Crippen LogP) is 2.15. The fraction of sp³-hybridized carbons (Fsp3) is 0.708. The Hall–Kier alpha value is -2.03. The highest BCUT2D eigenvalue weighted by atomic mass is 16.5. The molecular formula is C24H40N4O4. The first kappa shape index (κ1) is 24.6. The molecule has 1 saturated carbocycles. The van der Waals surface area contributed by atoms with Gasteiger partial charge < -0.3 is 30.0 Å². The first-order valence-corrected chi connectivity index (χ1v) is 11.9. The molecule has 0 aromatic heterocycles. The van der Waals surface area contributed by atoms with Crippen LogP contribution >= 0.6 is 0 Å². The Kier molecular flexibility index (Phi) is 9.44. The van der Waals surface area contributed by atoms with E-state index in [2.05, 4.69) is 15.5 Å². The molecule has 1 aliphatic carbocycles. The third kappa shape index (κ3) is 7.83. The summed E-state index contributed by atoms with van der Waals surface area (Å²) >= 11 is 0. The molecule has 1 saturated heterocycles.